The van der Waals surface area contributed by atoms with Crippen LogP contribution in [0.2, 0.25) is 0 Å². The van der Waals surface area contributed by atoms with Gasteiger partial charge in [-0.3, -0.25) is 0 Å². The topological polar surface area (TPSA) is 29.0 Å². The first-order chi connectivity index (χ1) is 10.1. The summed E-state index contributed by atoms with van der Waals surface area (Å²) in [5, 5.41) is 0.958. The van der Waals surface area contributed by atoms with Gasteiger partial charge >= 0.3 is 0 Å². The molecule has 3 rings (SSSR count). The number of aromatic nitrogens is 2. The number of nitrogens with zero attached hydrogens (tertiary/aromatic N) is 3. The zero-order chi connectivity index (χ0) is 15.0. The number of halogens is 1. The summed E-state index contributed by atoms with van der Waals surface area (Å²) in [6.45, 7) is 1.93. The molecule has 0 saturated carbocycles. The van der Waals surface area contributed by atoms with Crippen molar-refractivity contribution in [3.05, 3.63) is 53.8 Å². The van der Waals surface area contributed by atoms with Crippen LogP contribution in [-0.4, -0.2) is 24.1 Å². The van der Waals surface area contributed by atoms with E-state index in [1.165, 1.54) is 6.07 Å². The third-order valence-electron chi connectivity index (χ3n) is 3.37. The molecular formula is C17H16FN3. The molecule has 4 heteroatoms. The van der Waals surface area contributed by atoms with Crippen LogP contribution in [0, 0.1) is 12.7 Å². The molecule has 0 atom stereocenters. The van der Waals surface area contributed by atoms with E-state index in [9.17, 15) is 4.39 Å². The number of benzene rings is 2. The lowest BCUT2D eigenvalue weighted by Crippen LogP contribution is -2.12. The number of para-hydroxylation sites is 1. The first kappa shape index (κ1) is 13.5. The average Bonchev–Trinajstić information content (AvgIpc) is 2.48. The van der Waals surface area contributed by atoms with Gasteiger partial charge < -0.3 is 4.90 Å². The molecule has 0 aliphatic carbocycles. The molecule has 0 saturated heterocycles. The Morgan fingerprint density at radius 3 is 2.52 bits per heavy atom. The van der Waals surface area contributed by atoms with Gasteiger partial charge in [0.1, 0.15) is 11.6 Å². The molecule has 1 aromatic heterocycles. The van der Waals surface area contributed by atoms with Gasteiger partial charge in [-0.1, -0.05) is 23.8 Å². The van der Waals surface area contributed by atoms with Crippen molar-refractivity contribution in [1.82, 2.24) is 9.97 Å². The predicted molar refractivity (Wildman–Crippen MR) is 84.0 cm³/mol. The van der Waals surface area contributed by atoms with Crippen LogP contribution in [0.1, 0.15) is 5.56 Å². The third kappa shape index (κ3) is 2.44. The largest absolute Gasteiger partial charge is 0.362 e. The quantitative estimate of drug-likeness (QED) is 0.715. The Morgan fingerprint density at radius 1 is 1.00 bits per heavy atom. The smallest absolute Gasteiger partial charge is 0.165 e. The maximum absolute atomic E-state index is 14.1. The van der Waals surface area contributed by atoms with Crippen molar-refractivity contribution in [2.24, 2.45) is 0 Å². The Bertz CT molecular complexity index is 812. The Kier molecular flexibility index (Phi) is 3.29. The summed E-state index contributed by atoms with van der Waals surface area (Å²) in [5.41, 5.74) is 2.23. The molecule has 0 aliphatic heterocycles. The Hall–Kier alpha value is -2.49. The van der Waals surface area contributed by atoms with Crippen molar-refractivity contribution in [1.29, 1.82) is 0 Å². The molecule has 2 aromatic carbocycles. The van der Waals surface area contributed by atoms with E-state index in [0.29, 0.717) is 11.4 Å². The molecule has 0 aliphatic rings. The van der Waals surface area contributed by atoms with E-state index in [1.54, 1.807) is 12.1 Å². The molecule has 21 heavy (non-hydrogen) atoms. The number of hydrogen-bond donors (Lipinski definition) is 0. The summed E-state index contributed by atoms with van der Waals surface area (Å²) in [6.07, 6.45) is 0. The SMILES string of the molecule is Cc1ccc(F)c(-c2nc(N(C)C)c3ccccc3n2)c1. The van der Waals surface area contributed by atoms with Crippen molar-refractivity contribution in [2.45, 2.75) is 6.92 Å². The van der Waals surface area contributed by atoms with E-state index in [-0.39, 0.29) is 5.82 Å². The number of rotatable bonds is 2. The second kappa shape index (κ2) is 5.13. The normalized spacial score (nSPS) is 10.9. The van der Waals surface area contributed by atoms with Crippen LogP contribution in [0.15, 0.2) is 42.5 Å². The molecule has 3 nitrogen and oxygen atoms in total. The second-order valence-electron chi connectivity index (χ2n) is 5.27. The minimum absolute atomic E-state index is 0.305. The molecule has 0 amide bonds. The van der Waals surface area contributed by atoms with Gasteiger partial charge in [0.15, 0.2) is 5.82 Å². The summed E-state index contributed by atoms with van der Waals surface area (Å²) in [6, 6.07) is 12.7. The lowest BCUT2D eigenvalue weighted by molar-refractivity contribution is 0.629. The van der Waals surface area contributed by atoms with Gasteiger partial charge in [-0.05, 0) is 31.2 Å². The lowest BCUT2D eigenvalue weighted by atomic mass is 10.1. The molecule has 0 spiro atoms. The van der Waals surface area contributed by atoms with Crippen molar-refractivity contribution in [3.8, 4) is 11.4 Å². The summed E-state index contributed by atoms with van der Waals surface area (Å²) < 4.78 is 14.1. The minimum Gasteiger partial charge on any atom is -0.362 e. The summed E-state index contributed by atoms with van der Waals surface area (Å²) in [7, 11) is 3.84. The van der Waals surface area contributed by atoms with E-state index >= 15 is 0 Å². The number of anilines is 1. The van der Waals surface area contributed by atoms with Gasteiger partial charge in [0, 0.05) is 19.5 Å². The Balaban J connectivity index is 2.31. The molecular weight excluding hydrogens is 265 g/mol. The van der Waals surface area contributed by atoms with Gasteiger partial charge in [0.25, 0.3) is 0 Å². The lowest BCUT2D eigenvalue weighted by Gasteiger charge is -2.15. The van der Waals surface area contributed by atoms with E-state index in [2.05, 4.69) is 9.97 Å². The summed E-state index contributed by atoms with van der Waals surface area (Å²) in [4.78, 5) is 11.0. The highest BCUT2D eigenvalue weighted by atomic mass is 19.1. The van der Waals surface area contributed by atoms with Gasteiger partial charge in [-0.15, -0.1) is 0 Å². The molecule has 0 fully saturated rings. The number of aryl methyl sites for hydroxylation is 1. The summed E-state index contributed by atoms with van der Waals surface area (Å²) in [5.74, 6) is 0.899. The molecule has 0 unspecified atom stereocenters. The van der Waals surface area contributed by atoms with E-state index in [0.717, 1.165) is 22.3 Å². The van der Waals surface area contributed by atoms with Crippen LogP contribution in [0.4, 0.5) is 10.2 Å². The Labute approximate surface area is 123 Å². The monoisotopic (exact) mass is 281 g/mol. The van der Waals surface area contributed by atoms with Crippen LogP contribution >= 0.6 is 0 Å². The maximum Gasteiger partial charge on any atom is 0.165 e. The molecule has 3 aromatic rings. The van der Waals surface area contributed by atoms with Crippen molar-refractivity contribution >= 4 is 16.7 Å². The maximum atomic E-state index is 14.1. The highest BCUT2D eigenvalue weighted by molar-refractivity contribution is 5.90. The highest BCUT2D eigenvalue weighted by Gasteiger charge is 2.13. The van der Waals surface area contributed by atoms with Crippen LogP contribution in [0.25, 0.3) is 22.3 Å². The zero-order valence-electron chi connectivity index (χ0n) is 12.3. The molecule has 1 heterocycles. The minimum atomic E-state index is -0.305. The first-order valence-electron chi connectivity index (χ1n) is 6.77. The predicted octanol–water partition coefficient (Wildman–Crippen LogP) is 3.81. The Morgan fingerprint density at radius 2 is 1.76 bits per heavy atom. The first-order valence-corrected chi connectivity index (χ1v) is 6.77. The average molecular weight is 281 g/mol. The number of fused-ring (bicyclic) bond motifs is 1. The fourth-order valence-corrected chi connectivity index (χ4v) is 2.33. The van der Waals surface area contributed by atoms with E-state index in [4.69, 9.17) is 0 Å². The number of hydrogen-bond acceptors (Lipinski definition) is 3. The fourth-order valence-electron chi connectivity index (χ4n) is 2.33. The van der Waals surface area contributed by atoms with Gasteiger partial charge in [-0.25, -0.2) is 14.4 Å². The standard InChI is InChI=1S/C17H16FN3/c1-11-8-9-14(18)13(10-11)16-19-15-7-5-4-6-12(15)17(20-16)21(2)3/h4-10H,1-3H3. The van der Waals surface area contributed by atoms with Crippen LogP contribution in [-0.2, 0) is 0 Å². The fraction of sp³-hybridized carbons (Fsp3) is 0.176. The summed E-state index contributed by atoms with van der Waals surface area (Å²) >= 11 is 0. The van der Waals surface area contributed by atoms with Crippen molar-refractivity contribution < 1.29 is 4.39 Å². The van der Waals surface area contributed by atoms with Gasteiger partial charge in [0.05, 0.1) is 11.1 Å². The molecule has 0 bridgehead atoms. The highest BCUT2D eigenvalue weighted by Crippen LogP contribution is 2.28. The zero-order valence-corrected chi connectivity index (χ0v) is 12.3. The second-order valence-corrected chi connectivity index (χ2v) is 5.27. The van der Waals surface area contributed by atoms with Crippen LogP contribution in [0.5, 0.6) is 0 Å². The van der Waals surface area contributed by atoms with Crippen molar-refractivity contribution in [2.75, 3.05) is 19.0 Å². The molecule has 106 valence electrons. The van der Waals surface area contributed by atoms with E-state index in [1.807, 2.05) is 50.2 Å². The van der Waals surface area contributed by atoms with Crippen molar-refractivity contribution in [3.63, 3.8) is 0 Å². The molecule has 0 N–H and O–H groups in total. The van der Waals surface area contributed by atoms with Gasteiger partial charge in [0.2, 0.25) is 0 Å². The molecule has 0 radical (unpaired) electrons. The third-order valence-corrected chi connectivity index (χ3v) is 3.37. The van der Waals surface area contributed by atoms with Gasteiger partial charge in [-0.2, -0.15) is 0 Å². The van der Waals surface area contributed by atoms with E-state index < -0.39 is 0 Å². The van der Waals surface area contributed by atoms with Crippen LogP contribution < -0.4 is 4.90 Å². The van der Waals surface area contributed by atoms with Crippen LogP contribution in [0.3, 0.4) is 0 Å².